The van der Waals surface area contributed by atoms with Gasteiger partial charge in [0, 0.05) is 0 Å². The molecule has 1 aromatic carbocycles. The van der Waals surface area contributed by atoms with Crippen molar-refractivity contribution in [1.29, 1.82) is 0 Å². The van der Waals surface area contributed by atoms with Crippen LogP contribution in [-0.2, 0) is 6.18 Å². The summed E-state index contributed by atoms with van der Waals surface area (Å²) in [5, 5.41) is 0. The second-order valence-corrected chi connectivity index (χ2v) is 7.78. The molecule has 21 heavy (non-hydrogen) atoms. The molecule has 120 valence electrons. The van der Waals surface area contributed by atoms with E-state index in [1.165, 1.54) is 12.1 Å². The maximum absolute atomic E-state index is 12.7. The minimum Gasteiger partial charge on any atom is -0.166 e. The van der Waals surface area contributed by atoms with Gasteiger partial charge in [0.05, 0.1) is 5.56 Å². The zero-order chi connectivity index (χ0) is 16.5. The zero-order valence-corrected chi connectivity index (χ0v) is 13.9. The van der Waals surface area contributed by atoms with E-state index in [-0.39, 0.29) is 16.7 Å². The van der Waals surface area contributed by atoms with E-state index in [1.54, 1.807) is 12.1 Å². The first-order valence-corrected chi connectivity index (χ1v) is 7.54. The molecule has 0 radical (unpaired) electrons. The largest absolute Gasteiger partial charge is 0.416 e. The fourth-order valence-electron chi connectivity index (χ4n) is 2.61. The summed E-state index contributed by atoms with van der Waals surface area (Å²) < 4.78 is 38.1. The van der Waals surface area contributed by atoms with Crippen molar-refractivity contribution in [3.63, 3.8) is 0 Å². The minimum atomic E-state index is -4.27. The second-order valence-electron chi connectivity index (χ2n) is 7.78. The van der Waals surface area contributed by atoms with Gasteiger partial charge in [0.2, 0.25) is 0 Å². The Kier molecular flexibility index (Phi) is 5.18. The lowest BCUT2D eigenvalue weighted by atomic mass is 9.67. The highest BCUT2D eigenvalue weighted by Crippen LogP contribution is 2.45. The molecule has 0 aliphatic heterocycles. The van der Waals surface area contributed by atoms with Gasteiger partial charge < -0.3 is 0 Å². The van der Waals surface area contributed by atoms with Crippen LogP contribution in [0.2, 0.25) is 0 Å². The molecule has 0 saturated carbocycles. The van der Waals surface area contributed by atoms with Crippen molar-refractivity contribution in [3.8, 4) is 0 Å². The third-order valence-electron chi connectivity index (χ3n) is 4.31. The van der Waals surface area contributed by atoms with Gasteiger partial charge in [-0.3, -0.25) is 0 Å². The van der Waals surface area contributed by atoms with Gasteiger partial charge in [-0.1, -0.05) is 60.1 Å². The van der Waals surface area contributed by atoms with Crippen LogP contribution >= 0.6 is 0 Å². The number of halogens is 3. The Morgan fingerprint density at radius 2 is 1.38 bits per heavy atom. The molecule has 0 aliphatic rings. The monoisotopic (exact) mass is 300 g/mol. The maximum atomic E-state index is 12.7. The van der Waals surface area contributed by atoms with Crippen molar-refractivity contribution < 1.29 is 13.2 Å². The first-order chi connectivity index (χ1) is 9.37. The molecule has 1 unspecified atom stereocenters. The van der Waals surface area contributed by atoms with E-state index in [2.05, 4.69) is 41.5 Å². The Hall–Kier alpha value is -0.990. The van der Waals surface area contributed by atoms with Crippen LogP contribution in [0, 0.1) is 10.8 Å². The van der Waals surface area contributed by atoms with E-state index in [0.717, 1.165) is 18.4 Å². The molecule has 0 amide bonds. The van der Waals surface area contributed by atoms with Gasteiger partial charge >= 0.3 is 6.18 Å². The molecule has 1 aromatic rings. The van der Waals surface area contributed by atoms with Gasteiger partial charge in [0.15, 0.2) is 0 Å². The van der Waals surface area contributed by atoms with Crippen LogP contribution in [0.3, 0.4) is 0 Å². The summed E-state index contributed by atoms with van der Waals surface area (Å²) in [7, 11) is 0. The first-order valence-electron chi connectivity index (χ1n) is 7.54. The van der Waals surface area contributed by atoms with Crippen LogP contribution in [0.25, 0.3) is 0 Å². The van der Waals surface area contributed by atoms with Crippen LogP contribution in [0.4, 0.5) is 13.2 Å². The van der Waals surface area contributed by atoms with Gasteiger partial charge in [-0.15, -0.1) is 0 Å². The van der Waals surface area contributed by atoms with Gasteiger partial charge in [-0.05, 0) is 40.9 Å². The number of benzene rings is 1. The van der Waals surface area contributed by atoms with Crippen molar-refractivity contribution in [2.24, 2.45) is 10.8 Å². The molecule has 3 heteroatoms. The number of alkyl halides is 3. The minimum absolute atomic E-state index is 0.0625. The zero-order valence-electron chi connectivity index (χ0n) is 13.9. The Bertz CT molecular complexity index is 447. The SMILES string of the molecule is CCC(C)(C)C(CC(C)(C)C)c1ccc(C(F)(F)F)cc1. The van der Waals surface area contributed by atoms with E-state index in [1.807, 2.05) is 0 Å². The molecule has 0 spiro atoms. The van der Waals surface area contributed by atoms with Gasteiger partial charge in [-0.2, -0.15) is 13.2 Å². The summed E-state index contributed by atoms with van der Waals surface area (Å²) in [5.74, 6) is 0.254. The molecule has 1 rings (SSSR count). The number of hydrogen-bond acceptors (Lipinski definition) is 0. The Balaban J connectivity index is 3.15. The molecular formula is C18H27F3. The molecule has 1 atom stereocenters. The topological polar surface area (TPSA) is 0 Å². The van der Waals surface area contributed by atoms with E-state index in [9.17, 15) is 13.2 Å². The van der Waals surface area contributed by atoms with Crippen molar-refractivity contribution in [1.82, 2.24) is 0 Å². The smallest absolute Gasteiger partial charge is 0.166 e. The van der Waals surface area contributed by atoms with E-state index < -0.39 is 11.7 Å². The summed E-state index contributed by atoms with van der Waals surface area (Å²) in [6.45, 7) is 13.1. The van der Waals surface area contributed by atoms with E-state index in [0.29, 0.717) is 0 Å². The van der Waals surface area contributed by atoms with Gasteiger partial charge in [0.25, 0.3) is 0 Å². The summed E-state index contributed by atoms with van der Waals surface area (Å²) >= 11 is 0. The van der Waals surface area contributed by atoms with E-state index in [4.69, 9.17) is 0 Å². The Morgan fingerprint density at radius 3 is 1.71 bits per heavy atom. The summed E-state index contributed by atoms with van der Waals surface area (Å²) in [6, 6.07) is 5.71. The van der Waals surface area contributed by atoms with Crippen molar-refractivity contribution in [3.05, 3.63) is 35.4 Å². The van der Waals surface area contributed by atoms with Crippen molar-refractivity contribution in [2.75, 3.05) is 0 Å². The molecule has 0 heterocycles. The maximum Gasteiger partial charge on any atom is 0.416 e. The summed E-state index contributed by atoms with van der Waals surface area (Å²) in [4.78, 5) is 0. The lowest BCUT2D eigenvalue weighted by Crippen LogP contribution is -2.26. The fraction of sp³-hybridized carbons (Fsp3) is 0.667. The first kappa shape index (κ1) is 18.1. The Labute approximate surface area is 126 Å². The van der Waals surface area contributed by atoms with Crippen LogP contribution in [-0.4, -0.2) is 0 Å². The average molecular weight is 300 g/mol. The highest BCUT2D eigenvalue weighted by atomic mass is 19.4. The third kappa shape index (κ3) is 5.05. The van der Waals surface area contributed by atoms with Crippen LogP contribution in [0.15, 0.2) is 24.3 Å². The predicted octanol–water partition coefficient (Wildman–Crippen LogP) is 6.66. The second kappa shape index (κ2) is 6.02. The molecule has 0 saturated heterocycles. The van der Waals surface area contributed by atoms with Crippen LogP contribution in [0.1, 0.15) is 71.4 Å². The molecular weight excluding hydrogens is 273 g/mol. The average Bonchev–Trinajstić information content (AvgIpc) is 2.34. The number of hydrogen-bond donors (Lipinski definition) is 0. The van der Waals surface area contributed by atoms with Crippen molar-refractivity contribution >= 4 is 0 Å². The standard InChI is InChI=1S/C18H27F3/c1-7-17(5,6)15(12-16(2,3)4)13-8-10-14(11-9-13)18(19,20)21/h8-11,15H,7,12H2,1-6H3. The van der Waals surface area contributed by atoms with Crippen molar-refractivity contribution in [2.45, 2.75) is 66.5 Å². The fourth-order valence-corrected chi connectivity index (χ4v) is 2.61. The molecule has 0 aromatic heterocycles. The lowest BCUT2D eigenvalue weighted by molar-refractivity contribution is -0.137. The normalized spacial score (nSPS) is 15.1. The Morgan fingerprint density at radius 1 is 0.905 bits per heavy atom. The summed E-state index contributed by atoms with van der Waals surface area (Å²) in [5.41, 5.74) is 0.632. The molecule has 0 fully saturated rings. The van der Waals surface area contributed by atoms with Crippen LogP contribution in [0.5, 0.6) is 0 Å². The molecule has 0 bridgehead atoms. The quantitative estimate of drug-likeness (QED) is 0.583. The highest BCUT2D eigenvalue weighted by molar-refractivity contribution is 5.28. The van der Waals surface area contributed by atoms with E-state index >= 15 is 0 Å². The predicted molar refractivity (Wildman–Crippen MR) is 82.3 cm³/mol. The number of rotatable bonds is 4. The third-order valence-corrected chi connectivity index (χ3v) is 4.31. The lowest BCUT2D eigenvalue weighted by Gasteiger charge is -2.38. The van der Waals surface area contributed by atoms with Gasteiger partial charge in [0.1, 0.15) is 0 Å². The highest BCUT2D eigenvalue weighted by Gasteiger charge is 2.34. The molecule has 0 N–H and O–H groups in total. The summed E-state index contributed by atoms with van der Waals surface area (Å²) in [6.07, 6.45) is -2.31. The van der Waals surface area contributed by atoms with Gasteiger partial charge in [-0.25, -0.2) is 0 Å². The molecule has 0 aliphatic carbocycles. The van der Waals surface area contributed by atoms with Crippen LogP contribution < -0.4 is 0 Å². The molecule has 0 nitrogen and oxygen atoms in total.